The van der Waals surface area contributed by atoms with Gasteiger partial charge in [-0.15, -0.1) is 11.7 Å². The molecule has 1 heterocycles. The molecule has 0 radical (unpaired) electrons. The lowest BCUT2D eigenvalue weighted by molar-refractivity contribution is 0.658. The predicted octanol–water partition coefficient (Wildman–Crippen LogP) is 2.13. The molecule has 98 valence electrons. The molecule has 1 aromatic heterocycles. The Hall–Kier alpha value is -1.42. The van der Waals surface area contributed by atoms with Crippen molar-refractivity contribution in [3.05, 3.63) is 30.5 Å². The number of hydrogen-bond acceptors (Lipinski definition) is 4. The average Bonchev–Trinajstić information content (AvgIpc) is 3.18. The molecule has 2 rings (SSSR count). The van der Waals surface area contributed by atoms with Gasteiger partial charge in [-0.3, -0.25) is 0 Å². The van der Waals surface area contributed by atoms with Crippen molar-refractivity contribution in [2.24, 2.45) is 0 Å². The summed E-state index contributed by atoms with van der Waals surface area (Å²) in [6.07, 6.45) is 4.49. The standard InChI is InChI=1S/C14H22N4/c1-4-9-18(11(2)3)14-8-7-13(16-17-14)10-15-12-5-6-12/h4,7-8,11-12,15H,1,5-6,9-10H2,2-3H3. The van der Waals surface area contributed by atoms with Gasteiger partial charge < -0.3 is 10.2 Å². The van der Waals surface area contributed by atoms with Crippen LogP contribution in [0.25, 0.3) is 0 Å². The maximum absolute atomic E-state index is 4.31. The van der Waals surface area contributed by atoms with E-state index in [9.17, 15) is 0 Å². The molecule has 1 aromatic rings. The molecule has 1 saturated carbocycles. The van der Waals surface area contributed by atoms with Gasteiger partial charge >= 0.3 is 0 Å². The monoisotopic (exact) mass is 246 g/mol. The molecule has 0 amide bonds. The Bertz CT molecular complexity index is 381. The van der Waals surface area contributed by atoms with E-state index in [0.29, 0.717) is 12.1 Å². The van der Waals surface area contributed by atoms with Gasteiger partial charge in [-0.2, -0.15) is 5.10 Å². The van der Waals surface area contributed by atoms with Crippen molar-refractivity contribution in [1.82, 2.24) is 15.5 Å². The molecule has 18 heavy (non-hydrogen) atoms. The van der Waals surface area contributed by atoms with Crippen LogP contribution in [-0.4, -0.2) is 28.8 Å². The van der Waals surface area contributed by atoms with E-state index in [1.54, 1.807) is 0 Å². The van der Waals surface area contributed by atoms with Gasteiger partial charge in [0.15, 0.2) is 5.82 Å². The van der Waals surface area contributed by atoms with Gasteiger partial charge in [-0.1, -0.05) is 6.08 Å². The van der Waals surface area contributed by atoms with Crippen LogP contribution in [0, 0.1) is 0 Å². The summed E-state index contributed by atoms with van der Waals surface area (Å²) >= 11 is 0. The summed E-state index contributed by atoms with van der Waals surface area (Å²) in [5.41, 5.74) is 1.01. The van der Waals surface area contributed by atoms with Crippen molar-refractivity contribution < 1.29 is 0 Å². The summed E-state index contributed by atoms with van der Waals surface area (Å²) in [4.78, 5) is 2.18. The first-order chi connectivity index (χ1) is 8.70. The van der Waals surface area contributed by atoms with Crippen LogP contribution in [0.3, 0.4) is 0 Å². The highest BCUT2D eigenvalue weighted by Gasteiger charge is 2.20. The van der Waals surface area contributed by atoms with E-state index in [1.165, 1.54) is 12.8 Å². The number of hydrogen-bond donors (Lipinski definition) is 1. The van der Waals surface area contributed by atoms with E-state index in [0.717, 1.165) is 24.6 Å². The van der Waals surface area contributed by atoms with Crippen LogP contribution >= 0.6 is 0 Å². The summed E-state index contributed by atoms with van der Waals surface area (Å²) in [6.45, 7) is 9.69. The van der Waals surface area contributed by atoms with E-state index < -0.39 is 0 Å². The molecule has 0 saturated heterocycles. The van der Waals surface area contributed by atoms with E-state index in [1.807, 2.05) is 12.1 Å². The van der Waals surface area contributed by atoms with E-state index >= 15 is 0 Å². The highest BCUT2D eigenvalue weighted by molar-refractivity contribution is 5.39. The smallest absolute Gasteiger partial charge is 0.151 e. The maximum atomic E-state index is 4.31. The largest absolute Gasteiger partial charge is 0.349 e. The fourth-order valence-electron chi connectivity index (χ4n) is 1.84. The number of nitrogens with zero attached hydrogens (tertiary/aromatic N) is 3. The van der Waals surface area contributed by atoms with Crippen molar-refractivity contribution in [3.63, 3.8) is 0 Å². The summed E-state index contributed by atoms with van der Waals surface area (Å²) in [7, 11) is 0. The van der Waals surface area contributed by atoms with Gasteiger partial charge in [-0.25, -0.2) is 0 Å². The first-order valence-electron chi connectivity index (χ1n) is 6.64. The highest BCUT2D eigenvalue weighted by atomic mass is 15.3. The van der Waals surface area contributed by atoms with Gasteiger partial charge in [0.1, 0.15) is 0 Å². The zero-order chi connectivity index (χ0) is 13.0. The van der Waals surface area contributed by atoms with Crippen molar-refractivity contribution in [1.29, 1.82) is 0 Å². The second-order valence-corrected chi connectivity index (χ2v) is 5.07. The third-order valence-corrected chi connectivity index (χ3v) is 3.10. The number of rotatable bonds is 7. The lowest BCUT2D eigenvalue weighted by Crippen LogP contribution is -2.31. The van der Waals surface area contributed by atoms with Crippen LogP contribution in [0.2, 0.25) is 0 Å². The number of aromatic nitrogens is 2. The van der Waals surface area contributed by atoms with Crippen LogP contribution in [0.1, 0.15) is 32.4 Å². The van der Waals surface area contributed by atoms with Gasteiger partial charge in [0.2, 0.25) is 0 Å². The van der Waals surface area contributed by atoms with Crippen LogP contribution in [-0.2, 0) is 6.54 Å². The zero-order valence-electron chi connectivity index (χ0n) is 11.3. The minimum Gasteiger partial charge on any atom is -0.349 e. The molecule has 1 aliphatic carbocycles. The topological polar surface area (TPSA) is 41.0 Å². The minimum atomic E-state index is 0.396. The Morgan fingerprint density at radius 3 is 2.72 bits per heavy atom. The van der Waals surface area contributed by atoms with E-state index in [-0.39, 0.29) is 0 Å². The van der Waals surface area contributed by atoms with Crippen molar-refractivity contribution in [3.8, 4) is 0 Å². The molecule has 4 nitrogen and oxygen atoms in total. The first kappa shape index (κ1) is 13.0. The first-order valence-corrected chi connectivity index (χ1v) is 6.64. The summed E-state index contributed by atoms with van der Waals surface area (Å²) in [5.74, 6) is 0.917. The van der Waals surface area contributed by atoms with Crippen molar-refractivity contribution in [2.45, 2.75) is 45.3 Å². The second kappa shape index (κ2) is 5.96. The Balaban J connectivity index is 1.97. The van der Waals surface area contributed by atoms with Gasteiger partial charge in [0.05, 0.1) is 5.69 Å². The molecule has 0 atom stereocenters. The Morgan fingerprint density at radius 2 is 2.22 bits per heavy atom. The van der Waals surface area contributed by atoms with Crippen LogP contribution in [0.15, 0.2) is 24.8 Å². The van der Waals surface area contributed by atoms with E-state index in [2.05, 4.69) is 46.9 Å². The third kappa shape index (κ3) is 3.53. The lowest BCUT2D eigenvalue weighted by atomic mass is 10.3. The molecular weight excluding hydrogens is 224 g/mol. The molecule has 1 N–H and O–H groups in total. The fraction of sp³-hybridized carbons (Fsp3) is 0.571. The average molecular weight is 246 g/mol. The molecule has 1 fully saturated rings. The van der Waals surface area contributed by atoms with Gasteiger partial charge in [0, 0.05) is 25.2 Å². The molecule has 4 heteroatoms. The predicted molar refractivity (Wildman–Crippen MR) is 74.6 cm³/mol. The molecule has 0 aliphatic heterocycles. The SMILES string of the molecule is C=CCN(c1ccc(CNC2CC2)nn1)C(C)C. The maximum Gasteiger partial charge on any atom is 0.151 e. The Labute approximate surface area is 109 Å². The molecule has 0 spiro atoms. The fourth-order valence-corrected chi connectivity index (χ4v) is 1.84. The highest BCUT2D eigenvalue weighted by Crippen LogP contribution is 2.19. The zero-order valence-corrected chi connectivity index (χ0v) is 11.3. The normalized spacial score (nSPS) is 14.8. The van der Waals surface area contributed by atoms with Crippen LogP contribution < -0.4 is 10.2 Å². The molecule has 1 aliphatic rings. The van der Waals surface area contributed by atoms with Crippen molar-refractivity contribution >= 4 is 5.82 Å². The van der Waals surface area contributed by atoms with Crippen LogP contribution in [0.5, 0.6) is 0 Å². The van der Waals surface area contributed by atoms with Gasteiger partial charge in [0.25, 0.3) is 0 Å². The summed E-state index contributed by atoms with van der Waals surface area (Å²) in [6, 6.07) is 5.20. The Kier molecular flexibility index (Phi) is 4.31. The number of nitrogens with one attached hydrogen (secondary N) is 1. The molecular formula is C14H22N4. The molecule has 0 bridgehead atoms. The quantitative estimate of drug-likeness (QED) is 0.748. The Morgan fingerprint density at radius 1 is 1.44 bits per heavy atom. The lowest BCUT2D eigenvalue weighted by Gasteiger charge is -2.25. The van der Waals surface area contributed by atoms with Gasteiger partial charge in [-0.05, 0) is 38.8 Å². The number of anilines is 1. The second-order valence-electron chi connectivity index (χ2n) is 5.07. The van der Waals surface area contributed by atoms with Crippen LogP contribution in [0.4, 0.5) is 5.82 Å². The molecule has 0 aromatic carbocycles. The summed E-state index contributed by atoms with van der Waals surface area (Å²) in [5, 5.41) is 12.0. The summed E-state index contributed by atoms with van der Waals surface area (Å²) < 4.78 is 0. The van der Waals surface area contributed by atoms with E-state index in [4.69, 9.17) is 0 Å². The van der Waals surface area contributed by atoms with Crippen molar-refractivity contribution in [2.75, 3.05) is 11.4 Å². The third-order valence-electron chi connectivity index (χ3n) is 3.10. The molecule has 0 unspecified atom stereocenters. The minimum absolute atomic E-state index is 0.396.